The first-order chi connectivity index (χ1) is 15.4. The summed E-state index contributed by atoms with van der Waals surface area (Å²) < 4.78 is 18.6. The van der Waals surface area contributed by atoms with Gasteiger partial charge in [0.1, 0.15) is 18.1 Å². The van der Waals surface area contributed by atoms with E-state index in [9.17, 15) is 9.59 Å². The predicted octanol–water partition coefficient (Wildman–Crippen LogP) is 4.99. The molecule has 0 saturated carbocycles. The quantitative estimate of drug-likeness (QED) is 0.271. The fraction of sp³-hybridized carbons (Fsp3) is 0.182. The van der Waals surface area contributed by atoms with Crippen molar-refractivity contribution in [2.24, 2.45) is 0 Å². The molecule has 3 aromatic carbocycles. The zero-order valence-electron chi connectivity index (χ0n) is 16.9. The second kappa shape index (κ2) is 11.6. The Kier molecular flexibility index (Phi) is 8.92. The van der Waals surface area contributed by atoms with Gasteiger partial charge in [-0.2, -0.15) is 0 Å². The standard InChI is InChI=1S/C22H19Br3N2O5/c1-30-8-9-31-18-7-4-15(24)11-17(18)22(29)27-26-20(28)12-32-19-6-2-13-10-14(23)3-5-16(13)21(19)25/h2-7,10-11H,8-9,12H2,1H3,(H,26,28)(H,27,29). The predicted molar refractivity (Wildman–Crippen MR) is 132 cm³/mol. The third kappa shape index (κ3) is 6.44. The summed E-state index contributed by atoms with van der Waals surface area (Å²) in [7, 11) is 1.56. The summed E-state index contributed by atoms with van der Waals surface area (Å²) >= 11 is 10.3. The van der Waals surface area contributed by atoms with E-state index in [0.29, 0.717) is 22.6 Å². The van der Waals surface area contributed by atoms with Crippen molar-refractivity contribution >= 4 is 70.4 Å². The van der Waals surface area contributed by atoms with Gasteiger partial charge in [0, 0.05) is 16.1 Å². The first kappa shape index (κ1) is 24.5. The van der Waals surface area contributed by atoms with E-state index in [1.165, 1.54) is 0 Å². The molecule has 168 valence electrons. The minimum atomic E-state index is -0.524. The zero-order chi connectivity index (χ0) is 23.1. The fourth-order valence-electron chi connectivity index (χ4n) is 2.77. The van der Waals surface area contributed by atoms with E-state index in [2.05, 4.69) is 58.6 Å². The highest BCUT2D eigenvalue weighted by Crippen LogP contribution is 2.34. The minimum absolute atomic E-state index is 0.264. The number of fused-ring (bicyclic) bond motifs is 1. The van der Waals surface area contributed by atoms with Crippen LogP contribution in [0.15, 0.2) is 61.9 Å². The molecule has 0 atom stereocenters. The van der Waals surface area contributed by atoms with Crippen molar-refractivity contribution in [2.45, 2.75) is 0 Å². The number of rotatable bonds is 8. The average molecular weight is 631 g/mol. The summed E-state index contributed by atoms with van der Waals surface area (Å²) in [4.78, 5) is 24.8. The Balaban J connectivity index is 1.58. The van der Waals surface area contributed by atoms with E-state index in [4.69, 9.17) is 14.2 Å². The maximum atomic E-state index is 12.5. The largest absolute Gasteiger partial charge is 0.490 e. The molecule has 0 unspecified atom stereocenters. The molecule has 3 rings (SSSR count). The lowest BCUT2D eigenvalue weighted by atomic mass is 10.1. The molecule has 0 radical (unpaired) electrons. The summed E-state index contributed by atoms with van der Waals surface area (Å²) in [6.07, 6.45) is 0. The Morgan fingerprint density at radius 3 is 2.34 bits per heavy atom. The number of nitrogens with one attached hydrogen (secondary N) is 2. The highest BCUT2D eigenvalue weighted by molar-refractivity contribution is 9.11. The van der Waals surface area contributed by atoms with Crippen molar-refractivity contribution in [1.29, 1.82) is 0 Å². The lowest BCUT2D eigenvalue weighted by Gasteiger charge is -2.13. The maximum absolute atomic E-state index is 12.5. The second-order valence-electron chi connectivity index (χ2n) is 6.52. The van der Waals surface area contributed by atoms with Gasteiger partial charge >= 0.3 is 0 Å². The lowest BCUT2D eigenvalue weighted by molar-refractivity contribution is -0.123. The summed E-state index contributed by atoms with van der Waals surface area (Å²) in [5.41, 5.74) is 4.99. The number of ether oxygens (including phenoxy) is 3. The molecular weight excluding hydrogens is 612 g/mol. The first-order valence-corrected chi connectivity index (χ1v) is 11.8. The number of amides is 2. The van der Waals surface area contributed by atoms with Crippen LogP contribution in [0.5, 0.6) is 11.5 Å². The Hall–Kier alpha value is -2.14. The van der Waals surface area contributed by atoms with Crippen LogP contribution < -0.4 is 20.3 Å². The molecule has 0 saturated heterocycles. The summed E-state index contributed by atoms with van der Waals surface area (Å²) in [6, 6.07) is 14.6. The number of carbonyl (C=O) groups is 2. The number of hydrogen-bond acceptors (Lipinski definition) is 5. The maximum Gasteiger partial charge on any atom is 0.276 e. The molecule has 0 fully saturated rings. The van der Waals surface area contributed by atoms with Gasteiger partial charge in [-0.25, -0.2) is 0 Å². The van der Waals surface area contributed by atoms with Crippen molar-refractivity contribution < 1.29 is 23.8 Å². The SMILES string of the molecule is COCCOc1ccc(Br)cc1C(=O)NNC(=O)COc1ccc2cc(Br)ccc2c1Br. The van der Waals surface area contributed by atoms with Gasteiger partial charge in [-0.15, -0.1) is 0 Å². The molecule has 10 heteroatoms. The fourth-order valence-corrected chi connectivity index (χ4v) is 4.12. The number of halogens is 3. The van der Waals surface area contributed by atoms with E-state index in [1.54, 1.807) is 31.4 Å². The number of benzene rings is 3. The topological polar surface area (TPSA) is 85.9 Å². The van der Waals surface area contributed by atoms with Gasteiger partial charge in [0.15, 0.2) is 6.61 Å². The van der Waals surface area contributed by atoms with Gasteiger partial charge in [0.25, 0.3) is 11.8 Å². The summed E-state index contributed by atoms with van der Waals surface area (Å²) in [5, 5.41) is 1.97. The van der Waals surface area contributed by atoms with Crippen molar-refractivity contribution in [3.63, 3.8) is 0 Å². The zero-order valence-corrected chi connectivity index (χ0v) is 21.7. The molecule has 32 heavy (non-hydrogen) atoms. The Bertz CT molecular complexity index is 1140. The van der Waals surface area contributed by atoms with Crippen molar-refractivity contribution in [3.05, 3.63) is 67.5 Å². The normalized spacial score (nSPS) is 10.6. The highest BCUT2D eigenvalue weighted by atomic mass is 79.9. The van der Waals surface area contributed by atoms with E-state index in [0.717, 1.165) is 19.7 Å². The van der Waals surface area contributed by atoms with E-state index < -0.39 is 11.8 Å². The molecule has 0 bridgehead atoms. The first-order valence-electron chi connectivity index (χ1n) is 9.40. The number of hydrazine groups is 1. The lowest BCUT2D eigenvalue weighted by Crippen LogP contribution is -2.44. The Morgan fingerprint density at radius 2 is 1.56 bits per heavy atom. The smallest absolute Gasteiger partial charge is 0.276 e. The van der Waals surface area contributed by atoms with Gasteiger partial charge < -0.3 is 14.2 Å². The molecule has 2 N–H and O–H groups in total. The van der Waals surface area contributed by atoms with E-state index >= 15 is 0 Å². The average Bonchev–Trinajstić information content (AvgIpc) is 2.78. The molecule has 0 aliphatic heterocycles. The second-order valence-corrected chi connectivity index (χ2v) is 9.14. The monoisotopic (exact) mass is 628 g/mol. The molecule has 7 nitrogen and oxygen atoms in total. The van der Waals surface area contributed by atoms with Gasteiger partial charge in [0.05, 0.1) is 16.6 Å². The molecule has 0 aliphatic rings. The third-order valence-electron chi connectivity index (χ3n) is 4.29. The van der Waals surface area contributed by atoms with Crippen LogP contribution in [0.2, 0.25) is 0 Å². The van der Waals surface area contributed by atoms with Crippen LogP contribution in [0.1, 0.15) is 10.4 Å². The Labute approximate surface area is 210 Å². The molecule has 3 aromatic rings. The van der Waals surface area contributed by atoms with Crippen LogP contribution in [0.25, 0.3) is 10.8 Å². The van der Waals surface area contributed by atoms with E-state index in [1.807, 2.05) is 24.3 Å². The number of carbonyl (C=O) groups excluding carboxylic acids is 2. The van der Waals surface area contributed by atoms with Crippen LogP contribution in [0.4, 0.5) is 0 Å². The van der Waals surface area contributed by atoms with Crippen molar-refractivity contribution in [3.8, 4) is 11.5 Å². The molecule has 0 heterocycles. The summed E-state index contributed by atoms with van der Waals surface area (Å²) in [6.45, 7) is 0.388. The van der Waals surface area contributed by atoms with Gasteiger partial charge in [0.2, 0.25) is 0 Å². The van der Waals surface area contributed by atoms with Crippen LogP contribution in [-0.4, -0.2) is 38.7 Å². The number of methoxy groups -OCH3 is 1. The molecule has 0 aliphatic carbocycles. The van der Waals surface area contributed by atoms with Crippen molar-refractivity contribution in [1.82, 2.24) is 10.9 Å². The van der Waals surface area contributed by atoms with Crippen LogP contribution in [0, 0.1) is 0 Å². The van der Waals surface area contributed by atoms with Crippen LogP contribution >= 0.6 is 47.8 Å². The Morgan fingerprint density at radius 1 is 0.844 bits per heavy atom. The van der Waals surface area contributed by atoms with Crippen molar-refractivity contribution in [2.75, 3.05) is 26.9 Å². The van der Waals surface area contributed by atoms with Crippen LogP contribution in [-0.2, 0) is 9.53 Å². The minimum Gasteiger partial charge on any atom is -0.490 e. The summed E-state index contributed by atoms with van der Waals surface area (Å²) in [5.74, 6) is -0.148. The number of hydrogen-bond donors (Lipinski definition) is 2. The molecule has 0 aromatic heterocycles. The highest BCUT2D eigenvalue weighted by Gasteiger charge is 2.15. The molecule has 0 spiro atoms. The third-order valence-corrected chi connectivity index (χ3v) is 6.09. The molecular formula is C22H19Br3N2O5. The van der Waals surface area contributed by atoms with Gasteiger partial charge in [-0.05, 0) is 63.1 Å². The van der Waals surface area contributed by atoms with Gasteiger partial charge in [-0.1, -0.05) is 44.0 Å². The molecule has 2 amide bonds. The van der Waals surface area contributed by atoms with Gasteiger partial charge in [-0.3, -0.25) is 20.4 Å². The van der Waals surface area contributed by atoms with Crippen LogP contribution in [0.3, 0.4) is 0 Å². The van der Waals surface area contributed by atoms with E-state index in [-0.39, 0.29) is 18.8 Å².